The summed E-state index contributed by atoms with van der Waals surface area (Å²) in [6.07, 6.45) is -3.10. The fraction of sp³-hybridized carbons (Fsp3) is 0.261. The first-order chi connectivity index (χ1) is 16.5. The monoisotopic (exact) mass is 506 g/mol. The van der Waals surface area contributed by atoms with Crippen molar-refractivity contribution < 1.29 is 31.1 Å². The molecule has 12 heteroatoms. The molecule has 2 heterocycles. The van der Waals surface area contributed by atoms with Crippen molar-refractivity contribution in [2.75, 3.05) is 16.8 Å². The molecule has 0 spiro atoms. The lowest BCUT2D eigenvalue weighted by molar-refractivity contribution is -0.144. The van der Waals surface area contributed by atoms with Crippen LogP contribution in [0.5, 0.6) is 0 Å². The van der Waals surface area contributed by atoms with Gasteiger partial charge in [-0.15, -0.1) is 0 Å². The Hall–Kier alpha value is -3.67. The molecule has 184 valence electrons. The molecule has 1 aliphatic carbocycles. The van der Waals surface area contributed by atoms with E-state index < -0.39 is 32.5 Å². The number of rotatable bonds is 8. The predicted molar refractivity (Wildman–Crippen MR) is 122 cm³/mol. The van der Waals surface area contributed by atoms with Crippen LogP contribution in [0.25, 0.3) is 11.3 Å². The van der Waals surface area contributed by atoms with Gasteiger partial charge in [-0.05, 0) is 49.6 Å². The Morgan fingerprint density at radius 3 is 2.46 bits per heavy atom. The quantitative estimate of drug-likeness (QED) is 0.340. The van der Waals surface area contributed by atoms with Crippen LogP contribution in [0.3, 0.4) is 0 Å². The van der Waals surface area contributed by atoms with Crippen molar-refractivity contribution in [2.24, 2.45) is 5.92 Å². The van der Waals surface area contributed by atoms with Gasteiger partial charge < -0.3 is 10.1 Å². The van der Waals surface area contributed by atoms with E-state index in [1.54, 1.807) is 25.1 Å². The molecule has 0 radical (unpaired) electrons. The molecular formula is C23H21F3N4O4S. The Kier molecular flexibility index (Phi) is 6.66. The molecule has 1 saturated carbocycles. The van der Waals surface area contributed by atoms with E-state index in [0.717, 1.165) is 25.0 Å². The van der Waals surface area contributed by atoms with E-state index in [1.807, 2.05) is 0 Å². The van der Waals surface area contributed by atoms with Crippen LogP contribution >= 0.6 is 0 Å². The molecule has 0 atom stereocenters. The largest absolute Gasteiger partial charge is 0.444 e. The third kappa shape index (κ3) is 5.88. The van der Waals surface area contributed by atoms with Crippen molar-refractivity contribution in [3.05, 3.63) is 65.7 Å². The second-order valence-electron chi connectivity index (χ2n) is 7.93. The zero-order chi connectivity index (χ0) is 25.2. The predicted octanol–water partition coefficient (Wildman–Crippen LogP) is 4.59. The Morgan fingerprint density at radius 1 is 1.03 bits per heavy atom. The highest BCUT2D eigenvalue weighted by atomic mass is 32.2. The van der Waals surface area contributed by atoms with Crippen LogP contribution < -0.4 is 10.0 Å². The number of aryl methyl sites for hydroxylation is 1. The smallest absolute Gasteiger partial charge is 0.418 e. The van der Waals surface area contributed by atoms with Crippen molar-refractivity contribution in [1.82, 2.24) is 9.97 Å². The summed E-state index contributed by atoms with van der Waals surface area (Å²) in [7, 11) is -4.29. The van der Waals surface area contributed by atoms with Crippen LogP contribution in [0.1, 0.15) is 24.0 Å². The number of pyridine rings is 2. The fourth-order valence-electron chi connectivity index (χ4n) is 3.26. The highest BCUT2D eigenvalue weighted by Crippen LogP contribution is 2.38. The molecule has 1 aromatic carbocycles. The number of aromatic nitrogens is 2. The standard InChI is InChI=1S/C23H21F3N4O4S/c1-14-5-2-3-6-16(14)21-17(23(24,25)26)11-12-19(29-21)30-35(32,33)20-8-4-7-18(28-20)27-13-34-22(31)15-9-10-15/h2-8,11-12,15H,9-10,13H2,1H3,(H,27,28)(H,29,30). The number of hydrogen-bond acceptors (Lipinski definition) is 7. The van der Waals surface area contributed by atoms with Crippen LogP contribution in [-0.2, 0) is 25.7 Å². The van der Waals surface area contributed by atoms with Crippen LogP contribution in [0.15, 0.2) is 59.6 Å². The molecule has 0 amide bonds. The summed E-state index contributed by atoms with van der Waals surface area (Å²) in [5.41, 5.74) is -0.601. The molecule has 2 N–H and O–H groups in total. The molecule has 0 unspecified atom stereocenters. The summed E-state index contributed by atoms with van der Waals surface area (Å²) < 4.78 is 73.8. The topological polar surface area (TPSA) is 110 Å². The highest BCUT2D eigenvalue weighted by Gasteiger charge is 2.35. The van der Waals surface area contributed by atoms with Crippen molar-refractivity contribution in [2.45, 2.75) is 31.0 Å². The first-order valence-electron chi connectivity index (χ1n) is 10.6. The van der Waals surface area contributed by atoms with Gasteiger partial charge in [0.25, 0.3) is 10.0 Å². The van der Waals surface area contributed by atoms with Gasteiger partial charge >= 0.3 is 12.1 Å². The van der Waals surface area contributed by atoms with Gasteiger partial charge in [-0.3, -0.25) is 9.52 Å². The number of carbonyl (C=O) groups excluding carboxylic acids is 1. The molecule has 8 nitrogen and oxygen atoms in total. The normalized spacial score (nSPS) is 13.8. The maximum absolute atomic E-state index is 13.6. The zero-order valence-electron chi connectivity index (χ0n) is 18.5. The minimum absolute atomic E-state index is 0.0820. The van der Waals surface area contributed by atoms with Gasteiger partial charge in [-0.2, -0.15) is 21.6 Å². The van der Waals surface area contributed by atoms with E-state index in [-0.39, 0.29) is 35.8 Å². The molecule has 0 aliphatic heterocycles. The summed E-state index contributed by atoms with van der Waals surface area (Å²) in [5, 5.41) is 2.32. The molecule has 4 rings (SSSR count). The van der Waals surface area contributed by atoms with Gasteiger partial charge in [-0.25, -0.2) is 9.97 Å². The lowest BCUT2D eigenvalue weighted by Crippen LogP contribution is -2.18. The maximum atomic E-state index is 13.6. The summed E-state index contributed by atoms with van der Waals surface area (Å²) in [4.78, 5) is 19.6. The Balaban J connectivity index is 1.57. The molecule has 3 aromatic rings. The highest BCUT2D eigenvalue weighted by molar-refractivity contribution is 7.92. The summed E-state index contributed by atoms with van der Waals surface area (Å²) in [6, 6.07) is 12.2. The SMILES string of the molecule is Cc1ccccc1-c1nc(NS(=O)(=O)c2cccc(NCOC(=O)C3CC3)n2)ccc1C(F)(F)F. The Labute approximate surface area is 199 Å². The van der Waals surface area contributed by atoms with Crippen molar-refractivity contribution >= 4 is 27.6 Å². The van der Waals surface area contributed by atoms with Gasteiger partial charge in [0.15, 0.2) is 11.8 Å². The average Bonchev–Trinajstić information content (AvgIpc) is 3.64. The van der Waals surface area contributed by atoms with Gasteiger partial charge in [0.05, 0.1) is 17.2 Å². The third-order valence-electron chi connectivity index (χ3n) is 5.22. The van der Waals surface area contributed by atoms with Gasteiger partial charge in [0.2, 0.25) is 0 Å². The molecular weight excluding hydrogens is 485 g/mol. The second kappa shape index (κ2) is 9.53. The third-order valence-corrected chi connectivity index (χ3v) is 6.47. The zero-order valence-corrected chi connectivity index (χ0v) is 19.3. The summed E-state index contributed by atoms with van der Waals surface area (Å²) >= 11 is 0. The molecule has 0 bridgehead atoms. The second-order valence-corrected chi connectivity index (χ2v) is 9.56. The van der Waals surface area contributed by atoms with Gasteiger partial charge in [0.1, 0.15) is 11.6 Å². The van der Waals surface area contributed by atoms with E-state index in [2.05, 4.69) is 20.0 Å². The maximum Gasteiger partial charge on any atom is 0.418 e. The number of hydrogen-bond donors (Lipinski definition) is 2. The molecule has 2 aromatic heterocycles. The molecule has 1 aliphatic rings. The molecule has 35 heavy (non-hydrogen) atoms. The number of esters is 1. The van der Waals surface area contributed by atoms with E-state index in [9.17, 15) is 26.4 Å². The van der Waals surface area contributed by atoms with Crippen LogP contribution in [0.2, 0.25) is 0 Å². The number of anilines is 2. The summed E-state index contributed by atoms with van der Waals surface area (Å²) in [5.74, 6) is -0.575. The number of nitrogens with one attached hydrogen (secondary N) is 2. The fourth-order valence-corrected chi connectivity index (χ4v) is 4.23. The number of nitrogens with zero attached hydrogens (tertiary/aromatic N) is 2. The lowest BCUT2D eigenvalue weighted by atomic mass is 10.0. The number of alkyl halides is 3. The van der Waals surface area contributed by atoms with E-state index in [0.29, 0.717) is 5.56 Å². The number of halogens is 3. The Bertz CT molecular complexity index is 1360. The van der Waals surface area contributed by atoms with Crippen molar-refractivity contribution in [3.8, 4) is 11.3 Å². The molecule has 1 fully saturated rings. The van der Waals surface area contributed by atoms with Gasteiger partial charge in [-0.1, -0.05) is 30.3 Å². The number of carbonyl (C=O) groups is 1. The number of ether oxygens (including phenoxy) is 1. The first kappa shape index (κ1) is 24.5. The van der Waals surface area contributed by atoms with Crippen LogP contribution in [0.4, 0.5) is 24.8 Å². The minimum atomic E-state index is -4.69. The first-order valence-corrected chi connectivity index (χ1v) is 12.1. The lowest BCUT2D eigenvalue weighted by Gasteiger charge is -2.16. The van der Waals surface area contributed by atoms with Gasteiger partial charge in [0, 0.05) is 5.56 Å². The number of benzene rings is 1. The van der Waals surface area contributed by atoms with Crippen molar-refractivity contribution in [3.63, 3.8) is 0 Å². The van der Waals surface area contributed by atoms with Crippen LogP contribution in [-0.4, -0.2) is 31.1 Å². The van der Waals surface area contributed by atoms with Crippen molar-refractivity contribution in [1.29, 1.82) is 0 Å². The van der Waals surface area contributed by atoms with E-state index in [4.69, 9.17) is 4.74 Å². The van der Waals surface area contributed by atoms with E-state index in [1.165, 1.54) is 24.3 Å². The minimum Gasteiger partial charge on any atom is -0.444 e. The molecule has 0 saturated heterocycles. The average molecular weight is 507 g/mol. The van der Waals surface area contributed by atoms with Crippen LogP contribution in [0, 0.1) is 12.8 Å². The number of sulfonamides is 1. The summed E-state index contributed by atoms with van der Waals surface area (Å²) in [6.45, 7) is 1.46. The van der Waals surface area contributed by atoms with E-state index >= 15 is 0 Å². The Morgan fingerprint density at radius 2 is 1.77 bits per heavy atom.